The Morgan fingerprint density at radius 1 is 1.75 bits per heavy atom. The highest BCUT2D eigenvalue weighted by molar-refractivity contribution is 5.82. The second kappa shape index (κ2) is 4.42. The first-order valence-corrected chi connectivity index (χ1v) is 4.29. The van der Waals surface area contributed by atoms with Gasteiger partial charge in [0.1, 0.15) is 6.04 Å². The van der Waals surface area contributed by atoms with Crippen LogP contribution in [0.3, 0.4) is 0 Å². The first-order valence-electron chi connectivity index (χ1n) is 4.29. The molecule has 0 aromatic rings. The molecule has 0 aliphatic carbocycles. The summed E-state index contributed by atoms with van der Waals surface area (Å²) in [6, 6.07) is -0.297. The Balaban J connectivity index is 2.52. The van der Waals surface area contributed by atoms with Crippen LogP contribution in [0.4, 0.5) is 0 Å². The van der Waals surface area contributed by atoms with Gasteiger partial charge in [-0.25, -0.2) is 5.32 Å². The summed E-state index contributed by atoms with van der Waals surface area (Å²) >= 11 is 0. The van der Waals surface area contributed by atoms with E-state index in [0.29, 0.717) is 13.2 Å². The fraction of sp³-hybridized carbons (Fsp3) is 0.875. The van der Waals surface area contributed by atoms with Crippen molar-refractivity contribution >= 4 is 5.91 Å². The van der Waals surface area contributed by atoms with Crippen molar-refractivity contribution in [3.63, 3.8) is 0 Å². The molecule has 1 saturated heterocycles. The monoisotopic (exact) mass is 171 g/mol. The number of carbonyl (C=O) groups excluding carboxylic acids is 1. The van der Waals surface area contributed by atoms with Gasteiger partial charge in [0.25, 0.3) is 0 Å². The highest BCUT2D eigenvalue weighted by atomic mass is 16.5. The Hall–Kier alpha value is -0.610. The molecule has 1 N–H and O–H groups in total. The zero-order chi connectivity index (χ0) is 8.97. The zero-order valence-electron chi connectivity index (χ0n) is 7.54. The van der Waals surface area contributed by atoms with Crippen LogP contribution in [0.5, 0.6) is 0 Å². The van der Waals surface area contributed by atoms with Crippen LogP contribution in [-0.4, -0.2) is 38.3 Å². The fourth-order valence-corrected chi connectivity index (χ4v) is 1.35. The highest BCUT2D eigenvalue weighted by Crippen LogP contribution is 2.09. The van der Waals surface area contributed by atoms with Crippen molar-refractivity contribution in [1.29, 1.82) is 0 Å². The quantitative estimate of drug-likeness (QED) is 0.609. The number of nitrogens with one attached hydrogen (secondary N) is 1. The second-order valence-electron chi connectivity index (χ2n) is 2.78. The molecule has 0 saturated carbocycles. The number of hydrogen-bond donors (Lipinski definition) is 1. The van der Waals surface area contributed by atoms with Gasteiger partial charge in [0.15, 0.2) is 0 Å². The van der Waals surface area contributed by atoms with E-state index in [0.717, 1.165) is 6.42 Å². The maximum Gasteiger partial charge on any atom is 0.241 e. The normalized spacial score (nSPS) is 29.8. The van der Waals surface area contributed by atoms with E-state index >= 15 is 0 Å². The molecule has 1 aliphatic heterocycles. The van der Waals surface area contributed by atoms with Crippen molar-refractivity contribution < 1.29 is 9.53 Å². The van der Waals surface area contributed by atoms with Crippen molar-refractivity contribution in [2.45, 2.75) is 25.5 Å². The Morgan fingerprint density at radius 2 is 2.50 bits per heavy atom. The minimum absolute atomic E-state index is 0.0290. The average Bonchev–Trinajstić information content (AvgIpc) is 2.16. The van der Waals surface area contributed by atoms with Gasteiger partial charge in [-0.3, -0.25) is 4.79 Å². The molecular formula is C8H15N2O2. The minimum atomic E-state index is -0.297. The standard InChI is InChI=1S/C8H15N2O2/c1-3-6-7(8(11)9-2)10-4-5-12-6/h6-7H,3-5H2,1-2H3,(H,9,11). The summed E-state index contributed by atoms with van der Waals surface area (Å²) in [5, 5.41) is 6.80. The van der Waals surface area contributed by atoms with Crippen molar-refractivity contribution in [2.24, 2.45) is 0 Å². The summed E-state index contributed by atoms with van der Waals surface area (Å²) in [6.45, 7) is 3.28. The lowest BCUT2D eigenvalue weighted by Gasteiger charge is -2.29. The number of likely N-dealkylation sites (N-methyl/N-ethyl adjacent to an activating group) is 1. The van der Waals surface area contributed by atoms with Crippen LogP contribution in [0, 0.1) is 0 Å². The third kappa shape index (κ3) is 1.95. The lowest BCUT2D eigenvalue weighted by Crippen LogP contribution is -2.52. The van der Waals surface area contributed by atoms with Crippen LogP contribution in [0.1, 0.15) is 13.3 Å². The van der Waals surface area contributed by atoms with Gasteiger partial charge in [0.05, 0.1) is 12.7 Å². The number of ether oxygens (including phenoxy) is 1. The average molecular weight is 171 g/mol. The SMILES string of the molecule is CCC1OCC[N]C1C(=O)NC. The van der Waals surface area contributed by atoms with Gasteiger partial charge < -0.3 is 10.1 Å². The number of amides is 1. The van der Waals surface area contributed by atoms with E-state index < -0.39 is 0 Å². The van der Waals surface area contributed by atoms with Crippen LogP contribution in [0.2, 0.25) is 0 Å². The molecule has 0 aromatic carbocycles. The molecule has 1 heterocycles. The van der Waals surface area contributed by atoms with Gasteiger partial charge in [-0.05, 0) is 6.42 Å². The Bertz CT molecular complexity index is 161. The van der Waals surface area contributed by atoms with Crippen molar-refractivity contribution in [2.75, 3.05) is 20.2 Å². The second-order valence-corrected chi connectivity index (χ2v) is 2.78. The first-order chi connectivity index (χ1) is 5.79. The molecule has 1 fully saturated rings. The Labute approximate surface area is 72.7 Å². The van der Waals surface area contributed by atoms with Crippen LogP contribution in [0.15, 0.2) is 0 Å². The molecule has 4 heteroatoms. The Kier molecular flexibility index (Phi) is 3.49. The lowest BCUT2D eigenvalue weighted by atomic mass is 10.1. The van der Waals surface area contributed by atoms with Crippen molar-refractivity contribution in [3.8, 4) is 0 Å². The van der Waals surface area contributed by atoms with Crippen molar-refractivity contribution in [3.05, 3.63) is 0 Å². The first kappa shape index (κ1) is 9.48. The van der Waals surface area contributed by atoms with E-state index in [2.05, 4.69) is 10.6 Å². The molecule has 69 valence electrons. The van der Waals surface area contributed by atoms with Crippen molar-refractivity contribution in [1.82, 2.24) is 10.6 Å². The largest absolute Gasteiger partial charge is 0.375 e. The van der Waals surface area contributed by atoms with E-state index in [1.165, 1.54) is 0 Å². The number of morpholine rings is 1. The topological polar surface area (TPSA) is 52.4 Å². The molecule has 0 bridgehead atoms. The predicted octanol–water partition coefficient (Wildman–Crippen LogP) is -0.486. The summed E-state index contributed by atoms with van der Waals surface area (Å²) in [4.78, 5) is 11.3. The van der Waals surface area contributed by atoms with Gasteiger partial charge in [-0.15, -0.1) is 0 Å². The molecule has 1 amide bonds. The highest BCUT2D eigenvalue weighted by Gasteiger charge is 2.30. The number of nitrogens with zero attached hydrogens (tertiary/aromatic N) is 1. The molecule has 1 radical (unpaired) electrons. The van der Waals surface area contributed by atoms with Crippen LogP contribution >= 0.6 is 0 Å². The van der Waals surface area contributed by atoms with Gasteiger partial charge in [0, 0.05) is 13.6 Å². The van der Waals surface area contributed by atoms with Crippen LogP contribution in [-0.2, 0) is 9.53 Å². The molecule has 2 unspecified atom stereocenters. The molecule has 12 heavy (non-hydrogen) atoms. The maximum absolute atomic E-state index is 11.3. The fourth-order valence-electron chi connectivity index (χ4n) is 1.35. The van der Waals surface area contributed by atoms with E-state index in [1.807, 2.05) is 6.92 Å². The summed E-state index contributed by atoms with van der Waals surface area (Å²) < 4.78 is 5.41. The predicted molar refractivity (Wildman–Crippen MR) is 44.9 cm³/mol. The summed E-state index contributed by atoms with van der Waals surface area (Å²) in [5.41, 5.74) is 0. The molecule has 0 spiro atoms. The number of rotatable bonds is 2. The molecule has 4 nitrogen and oxygen atoms in total. The van der Waals surface area contributed by atoms with E-state index in [4.69, 9.17) is 4.74 Å². The number of carbonyl (C=O) groups is 1. The molecule has 1 rings (SSSR count). The smallest absolute Gasteiger partial charge is 0.241 e. The molecule has 0 aromatic heterocycles. The maximum atomic E-state index is 11.3. The zero-order valence-corrected chi connectivity index (χ0v) is 7.54. The van der Waals surface area contributed by atoms with Gasteiger partial charge >= 0.3 is 0 Å². The third-order valence-corrected chi connectivity index (χ3v) is 2.02. The Morgan fingerprint density at radius 3 is 3.08 bits per heavy atom. The van der Waals surface area contributed by atoms with Crippen LogP contribution in [0.25, 0.3) is 0 Å². The van der Waals surface area contributed by atoms with E-state index in [1.54, 1.807) is 7.05 Å². The summed E-state index contributed by atoms with van der Waals surface area (Å²) in [7, 11) is 1.62. The van der Waals surface area contributed by atoms with Crippen LogP contribution < -0.4 is 10.6 Å². The van der Waals surface area contributed by atoms with Gasteiger partial charge in [-0.2, -0.15) is 0 Å². The molecule has 1 aliphatic rings. The van der Waals surface area contributed by atoms with E-state index in [-0.39, 0.29) is 18.1 Å². The van der Waals surface area contributed by atoms with E-state index in [9.17, 15) is 4.79 Å². The number of hydrogen-bond acceptors (Lipinski definition) is 2. The summed E-state index contributed by atoms with van der Waals surface area (Å²) in [6.07, 6.45) is 0.806. The summed E-state index contributed by atoms with van der Waals surface area (Å²) in [5.74, 6) is -0.0402. The minimum Gasteiger partial charge on any atom is -0.375 e. The third-order valence-electron chi connectivity index (χ3n) is 2.02. The van der Waals surface area contributed by atoms with Gasteiger partial charge in [-0.1, -0.05) is 6.92 Å². The molecular weight excluding hydrogens is 156 g/mol. The molecule has 2 atom stereocenters. The lowest BCUT2D eigenvalue weighted by molar-refractivity contribution is -0.129. The van der Waals surface area contributed by atoms with Gasteiger partial charge in [0.2, 0.25) is 5.91 Å².